The van der Waals surface area contributed by atoms with E-state index in [-0.39, 0.29) is 27.9 Å². The van der Waals surface area contributed by atoms with Crippen LogP contribution in [-0.2, 0) is 0 Å². The van der Waals surface area contributed by atoms with Crippen LogP contribution in [0.1, 0.15) is 10.4 Å². The number of ketones is 1. The number of para-hydroxylation sites is 2. The molecule has 144 valence electrons. The summed E-state index contributed by atoms with van der Waals surface area (Å²) >= 11 is 1.00. The number of aromatic nitrogens is 2. The number of fused-ring (bicyclic) bond motifs is 1. The zero-order valence-electron chi connectivity index (χ0n) is 15.0. The Balaban J connectivity index is 1.79. The number of benzene rings is 3. The molecular weight excluding hydrogens is 394 g/mol. The Morgan fingerprint density at radius 1 is 0.966 bits per heavy atom. The molecule has 0 radical (unpaired) electrons. The van der Waals surface area contributed by atoms with Crippen LogP contribution >= 0.6 is 11.8 Å². The fourth-order valence-electron chi connectivity index (χ4n) is 2.93. The predicted octanol–water partition coefficient (Wildman–Crippen LogP) is 4.64. The summed E-state index contributed by atoms with van der Waals surface area (Å²) < 4.78 is 29.0. The van der Waals surface area contributed by atoms with Crippen molar-refractivity contribution in [1.29, 1.82) is 0 Å². The van der Waals surface area contributed by atoms with Crippen LogP contribution < -0.4 is 5.56 Å². The second-order valence-electron chi connectivity index (χ2n) is 6.23. The van der Waals surface area contributed by atoms with Gasteiger partial charge in [0.2, 0.25) is 0 Å². The van der Waals surface area contributed by atoms with Crippen LogP contribution in [0.2, 0.25) is 0 Å². The van der Waals surface area contributed by atoms with E-state index in [0.717, 1.165) is 17.8 Å². The normalized spacial score (nSPS) is 11.0. The minimum absolute atomic E-state index is 0.0523. The van der Waals surface area contributed by atoms with Crippen molar-refractivity contribution < 1.29 is 13.6 Å². The predicted molar refractivity (Wildman–Crippen MR) is 109 cm³/mol. The van der Waals surface area contributed by atoms with E-state index in [1.54, 1.807) is 30.3 Å². The standard InChI is InChI=1S/C22H14F2N2O2S/c23-15-7-5-6-14(12-15)20(27)13-29-22-25-18-10-3-1-8-16(18)21(28)26(22)19-11-4-2-9-17(19)24/h1-12H,13H2. The van der Waals surface area contributed by atoms with Crippen LogP contribution in [0.3, 0.4) is 0 Å². The van der Waals surface area contributed by atoms with Gasteiger partial charge in [-0.3, -0.25) is 14.2 Å². The maximum Gasteiger partial charge on any atom is 0.266 e. The van der Waals surface area contributed by atoms with E-state index in [4.69, 9.17) is 0 Å². The molecule has 0 saturated carbocycles. The third kappa shape index (κ3) is 3.82. The Labute approximate surface area is 168 Å². The molecule has 0 aliphatic heterocycles. The molecule has 4 nitrogen and oxygen atoms in total. The van der Waals surface area contributed by atoms with Crippen LogP contribution in [0.5, 0.6) is 0 Å². The number of rotatable bonds is 5. The van der Waals surface area contributed by atoms with Gasteiger partial charge >= 0.3 is 0 Å². The number of hydrogen-bond acceptors (Lipinski definition) is 4. The molecule has 0 fully saturated rings. The Hall–Kier alpha value is -3.32. The quantitative estimate of drug-likeness (QED) is 0.274. The topological polar surface area (TPSA) is 52.0 Å². The molecule has 0 unspecified atom stereocenters. The van der Waals surface area contributed by atoms with Gasteiger partial charge in [0.15, 0.2) is 10.9 Å². The molecule has 0 aliphatic rings. The van der Waals surface area contributed by atoms with Crippen molar-refractivity contribution in [1.82, 2.24) is 9.55 Å². The molecule has 0 saturated heterocycles. The SMILES string of the molecule is O=C(CSc1nc2ccccc2c(=O)n1-c1ccccc1F)c1cccc(F)c1. The number of hydrogen-bond donors (Lipinski definition) is 0. The molecule has 1 heterocycles. The van der Waals surface area contributed by atoms with Crippen molar-refractivity contribution in [3.63, 3.8) is 0 Å². The van der Waals surface area contributed by atoms with Gasteiger partial charge in [0.25, 0.3) is 5.56 Å². The summed E-state index contributed by atoms with van der Waals surface area (Å²) in [6.45, 7) is 0. The van der Waals surface area contributed by atoms with Crippen molar-refractivity contribution in [3.8, 4) is 5.69 Å². The lowest BCUT2D eigenvalue weighted by Gasteiger charge is -2.13. The van der Waals surface area contributed by atoms with Crippen LogP contribution in [0.4, 0.5) is 8.78 Å². The van der Waals surface area contributed by atoms with Crippen molar-refractivity contribution >= 4 is 28.4 Å². The summed E-state index contributed by atoms with van der Waals surface area (Å²) in [5, 5.41) is 0.528. The summed E-state index contributed by atoms with van der Waals surface area (Å²) in [4.78, 5) is 30.0. The van der Waals surface area contributed by atoms with Gasteiger partial charge in [-0.2, -0.15) is 0 Å². The second kappa shape index (κ2) is 7.97. The molecule has 4 rings (SSSR count). The van der Waals surface area contributed by atoms with E-state index < -0.39 is 17.2 Å². The number of carbonyl (C=O) groups is 1. The van der Waals surface area contributed by atoms with Gasteiger partial charge in [-0.15, -0.1) is 0 Å². The zero-order valence-corrected chi connectivity index (χ0v) is 15.8. The first kappa shape index (κ1) is 19.0. The minimum Gasteiger partial charge on any atom is -0.293 e. The molecule has 0 N–H and O–H groups in total. The number of carbonyl (C=O) groups excluding carboxylic acids is 1. The fourth-order valence-corrected chi connectivity index (χ4v) is 3.83. The van der Waals surface area contributed by atoms with Gasteiger partial charge in [0, 0.05) is 5.56 Å². The first-order valence-corrected chi connectivity index (χ1v) is 9.71. The van der Waals surface area contributed by atoms with E-state index in [0.29, 0.717) is 10.9 Å². The van der Waals surface area contributed by atoms with Gasteiger partial charge < -0.3 is 0 Å². The highest BCUT2D eigenvalue weighted by atomic mass is 32.2. The monoisotopic (exact) mass is 408 g/mol. The van der Waals surface area contributed by atoms with Gasteiger partial charge in [0.1, 0.15) is 11.6 Å². The highest BCUT2D eigenvalue weighted by Crippen LogP contribution is 2.23. The van der Waals surface area contributed by atoms with Gasteiger partial charge in [-0.25, -0.2) is 13.8 Å². The van der Waals surface area contributed by atoms with Crippen LogP contribution in [-0.4, -0.2) is 21.1 Å². The smallest absolute Gasteiger partial charge is 0.266 e. The Morgan fingerprint density at radius 2 is 1.72 bits per heavy atom. The Morgan fingerprint density at radius 3 is 2.52 bits per heavy atom. The Kier molecular flexibility index (Phi) is 5.22. The van der Waals surface area contributed by atoms with E-state index in [2.05, 4.69) is 4.98 Å². The average molecular weight is 408 g/mol. The van der Waals surface area contributed by atoms with E-state index in [1.807, 2.05) is 0 Å². The minimum atomic E-state index is -0.579. The summed E-state index contributed by atoms with van der Waals surface area (Å²) in [6, 6.07) is 18.0. The zero-order chi connectivity index (χ0) is 20.4. The lowest BCUT2D eigenvalue weighted by atomic mass is 10.1. The molecule has 4 aromatic rings. The molecule has 0 spiro atoms. The molecular formula is C22H14F2N2O2S. The molecule has 0 atom stereocenters. The highest BCUT2D eigenvalue weighted by Gasteiger charge is 2.17. The van der Waals surface area contributed by atoms with Crippen LogP contribution in [0, 0.1) is 11.6 Å². The summed E-state index contributed by atoms with van der Waals surface area (Å²) in [7, 11) is 0. The largest absolute Gasteiger partial charge is 0.293 e. The van der Waals surface area contributed by atoms with Gasteiger partial charge in [-0.1, -0.05) is 48.2 Å². The lowest BCUT2D eigenvalue weighted by Crippen LogP contribution is -2.23. The lowest BCUT2D eigenvalue weighted by molar-refractivity contribution is 0.102. The average Bonchev–Trinajstić information content (AvgIpc) is 2.73. The molecule has 0 amide bonds. The third-order valence-corrected chi connectivity index (χ3v) is 5.26. The maximum atomic E-state index is 14.4. The van der Waals surface area contributed by atoms with Crippen molar-refractivity contribution in [2.75, 3.05) is 5.75 Å². The number of halogens is 2. The van der Waals surface area contributed by atoms with Crippen molar-refractivity contribution in [3.05, 3.63) is 100 Å². The molecule has 29 heavy (non-hydrogen) atoms. The molecule has 0 aliphatic carbocycles. The molecule has 1 aromatic heterocycles. The number of Topliss-reactive ketones (excluding diaryl/α,β-unsaturated/α-hetero) is 1. The van der Waals surface area contributed by atoms with E-state index in [9.17, 15) is 18.4 Å². The van der Waals surface area contributed by atoms with Crippen molar-refractivity contribution in [2.45, 2.75) is 5.16 Å². The van der Waals surface area contributed by atoms with Crippen LogP contribution in [0.15, 0.2) is 82.7 Å². The van der Waals surface area contributed by atoms with E-state index >= 15 is 0 Å². The third-order valence-electron chi connectivity index (χ3n) is 4.32. The first-order valence-electron chi connectivity index (χ1n) is 8.73. The van der Waals surface area contributed by atoms with Crippen molar-refractivity contribution in [2.24, 2.45) is 0 Å². The number of thioether (sulfide) groups is 1. The molecule has 0 bridgehead atoms. The fraction of sp³-hybridized carbons (Fsp3) is 0.0455. The van der Waals surface area contributed by atoms with Gasteiger partial charge in [-0.05, 0) is 36.4 Å². The summed E-state index contributed by atoms with van der Waals surface area (Å²) in [6.07, 6.45) is 0. The second-order valence-corrected chi connectivity index (χ2v) is 7.17. The van der Waals surface area contributed by atoms with E-state index in [1.165, 1.54) is 41.0 Å². The molecule has 7 heteroatoms. The Bertz CT molecular complexity index is 1290. The maximum absolute atomic E-state index is 14.4. The first-order chi connectivity index (χ1) is 14.0. The summed E-state index contributed by atoms with van der Waals surface area (Å²) in [5.74, 6) is -1.49. The van der Waals surface area contributed by atoms with Crippen LogP contribution in [0.25, 0.3) is 16.6 Å². The van der Waals surface area contributed by atoms with Gasteiger partial charge in [0.05, 0.1) is 22.3 Å². The summed E-state index contributed by atoms with van der Waals surface area (Å²) in [5.41, 5.74) is 0.293. The number of nitrogens with zero attached hydrogens (tertiary/aromatic N) is 2. The highest BCUT2D eigenvalue weighted by molar-refractivity contribution is 7.99. The molecule has 3 aromatic carbocycles.